The highest BCUT2D eigenvalue weighted by molar-refractivity contribution is 5.94. The Kier molecular flexibility index (Phi) is 6.98. The van der Waals surface area contributed by atoms with Gasteiger partial charge in [-0.2, -0.15) is 9.61 Å². The number of aromatic nitrogens is 3. The number of anilines is 1. The highest BCUT2D eigenvalue weighted by Crippen LogP contribution is 2.30. The van der Waals surface area contributed by atoms with Crippen LogP contribution in [0.1, 0.15) is 51.6 Å². The first-order valence-corrected chi connectivity index (χ1v) is 12.6. The van der Waals surface area contributed by atoms with Crippen LogP contribution in [0, 0.1) is 11.7 Å². The molecule has 0 saturated heterocycles. The van der Waals surface area contributed by atoms with Gasteiger partial charge in [-0.1, -0.05) is 48.1 Å². The standard InChI is InChI=1S/C29H32FN5O/c1-19-7-13-23(14-8-19)29(36)32-17-22-11-9-21(10-12-22)16-31-27-15-26(24-6-4-3-5-20(24)2)34-28-25(30)18-33-35(27)28/h3,5,7,9,11-13,15,18,21,31H,4,6,8,10,14,16-17H2,1-2H3,(H,32,36). The number of hydrogen-bond donors (Lipinski definition) is 2. The summed E-state index contributed by atoms with van der Waals surface area (Å²) in [5.41, 5.74) is 6.60. The predicted molar refractivity (Wildman–Crippen MR) is 142 cm³/mol. The molecule has 2 aromatic rings. The molecule has 0 aliphatic heterocycles. The van der Waals surface area contributed by atoms with Crippen molar-refractivity contribution in [3.8, 4) is 0 Å². The van der Waals surface area contributed by atoms with Crippen LogP contribution in [-0.4, -0.2) is 33.6 Å². The normalized spacial score (nSPS) is 19.8. The summed E-state index contributed by atoms with van der Waals surface area (Å²) in [5, 5.41) is 10.7. The minimum atomic E-state index is -0.424. The molecule has 0 spiro atoms. The number of allylic oxidation sites excluding steroid dienone is 8. The number of nitrogens with one attached hydrogen (secondary N) is 2. The van der Waals surface area contributed by atoms with Crippen LogP contribution in [0.3, 0.4) is 0 Å². The molecule has 0 fully saturated rings. The van der Waals surface area contributed by atoms with Crippen LogP contribution in [0.4, 0.5) is 10.2 Å². The largest absolute Gasteiger partial charge is 0.369 e. The van der Waals surface area contributed by atoms with Gasteiger partial charge in [0.15, 0.2) is 11.5 Å². The van der Waals surface area contributed by atoms with E-state index < -0.39 is 5.82 Å². The fourth-order valence-electron chi connectivity index (χ4n) is 4.79. The maximum atomic E-state index is 14.4. The smallest absolute Gasteiger partial charge is 0.247 e. The van der Waals surface area contributed by atoms with Gasteiger partial charge in [-0.15, -0.1) is 0 Å². The average molecular weight is 486 g/mol. The molecule has 2 aromatic heterocycles. The zero-order valence-corrected chi connectivity index (χ0v) is 20.9. The lowest BCUT2D eigenvalue weighted by molar-refractivity contribution is -0.117. The van der Waals surface area contributed by atoms with Gasteiger partial charge in [-0.05, 0) is 68.6 Å². The van der Waals surface area contributed by atoms with Crippen molar-refractivity contribution in [1.29, 1.82) is 0 Å². The van der Waals surface area contributed by atoms with E-state index in [1.165, 1.54) is 16.3 Å². The van der Waals surface area contributed by atoms with Crippen LogP contribution in [0.25, 0.3) is 11.2 Å². The zero-order chi connectivity index (χ0) is 25.1. The van der Waals surface area contributed by atoms with Gasteiger partial charge >= 0.3 is 0 Å². The molecule has 0 aromatic carbocycles. The summed E-state index contributed by atoms with van der Waals surface area (Å²) >= 11 is 0. The van der Waals surface area contributed by atoms with E-state index in [0.717, 1.165) is 65.9 Å². The molecule has 1 amide bonds. The van der Waals surface area contributed by atoms with Crippen LogP contribution in [0.5, 0.6) is 0 Å². The zero-order valence-electron chi connectivity index (χ0n) is 20.9. The lowest BCUT2D eigenvalue weighted by atomic mass is 9.95. The Morgan fingerprint density at radius 3 is 2.83 bits per heavy atom. The van der Waals surface area contributed by atoms with Gasteiger partial charge in [-0.3, -0.25) is 4.79 Å². The molecule has 6 nitrogen and oxygen atoms in total. The van der Waals surface area contributed by atoms with Gasteiger partial charge in [0, 0.05) is 24.7 Å². The molecule has 2 N–H and O–H groups in total. The number of carbonyl (C=O) groups excluding carboxylic acids is 1. The fraction of sp³-hybridized carbons (Fsp3) is 0.345. The second kappa shape index (κ2) is 10.5. The van der Waals surface area contributed by atoms with E-state index in [4.69, 9.17) is 0 Å². The molecule has 3 aliphatic rings. The van der Waals surface area contributed by atoms with Crippen molar-refractivity contribution < 1.29 is 9.18 Å². The van der Waals surface area contributed by atoms with Gasteiger partial charge < -0.3 is 10.6 Å². The lowest BCUT2D eigenvalue weighted by Gasteiger charge is -2.19. The summed E-state index contributed by atoms with van der Waals surface area (Å²) in [6.07, 6.45) is 20.3. The Morgan fingerprint density at radius 2 is 2.08 bits per heavy atom. The van der Waals surface area contributed by atoms with Gasteiger partial charge in [0.05, 0.1) is 11.9 Å². The third-order valence-corrected chi connectivity index (χ3v) is 7.06. The Labute approximate surface area is 211 Å². The number of carbonyl (C=O) groups is 1. The van der Waals surface area contributed by atoms with Crippen molar-refractivity contribution in [3.05, 3.63) is 88.6 Å². The summed E-state index contributed by atoms with van der Waals surface area (Å²) in [4.78, 5) is 17.0. The second-order valence-corrected chi connectivity index (χ2v) is 9.76. The van der Waals surface area contributed by atoms with E-state index in [9.17, 15) is 9.18 Å². The first-order chi connectivity index (χ1) is 17.5. The molecule has 5 rings (SSSR count). The van der Waals surface area contributed by atoms with Crippen LogP contribution < -0.4 is 10.6 Å². The molecular weight excluding hydrogens is 453 g/mol. The van der Waals surface area contributed by atoms with Crippen molar-refractivity contribution in [1.82, 2.24) is 19.9 Å². The minimum Gasteiger partial charge on any atom is -0.369 e. The first kappa shape index (κ1) is 24.0. The lowest BCUT2D eigenvalue weighted by Crippen LogP contribution is -2.28. The Bertz CT molecular complexity index is 1370. The monoisotopic (exact) mass is 485 g/mol. The Morgan fingerprint density at radius 1 is 1.19 bits per heavy atom. The van der Waals surface area contributed by atoms with Crippen molar-refractivity contribution in [2.75, 3.05) is 18.4 Å². The van der Waals surface area contributed by atoms with Crippen molar-refractivity contribution in [2.45, 2.75) is 46.0 Å². The SMILES string of the molecule is CC1=CC=C(C(=O)NCC2=CCC(CNc3cc(C4=C(C)C=CCC4)nc4c(F)cnn34)C=C2)CC1. The summed E-state index contributed by atoms with van der Waals surface area (Å²) in [7, 11) is 0. The molecule has 186 valence electrons. The summed E-state index contributed by atoms with van der Waals surface area (Å²) in [6.45, 7) is 5.37. The third-order valence-electron chi connectivity index (χ3n) is 7.06. The van der Waals surface area contributed by atoms with E-state index in [1.54, 1.807) is 0 Å². The van der Waals surface area contributed by atoms with Gasteiger partial charge in [0.1, 0.15) is 5.82 Å². The number of hydrogen-bond acceptors (Lipinski definition) is 4. The molecule has 0 radical (unpaired) electrons. The molecule has 36 heavy (non-hydrogen) atoms. The van der Waals surface area contributed by atoms with Crippen LogP contribution in [-0.2, 0) is 4.79 Å². The van der Waals surface area contributed by atoms with E-state index in [-0.39, 0.29) is 17.5 Å². The van der Waals surface area contributed by atoms with Crippen molar-refractivity contribution in [2.24, 2.45) is 5.92 Å². The van der Waals surface area contributed by atoms with E-state index in [1.807, 2.05) is 18.2 Å². The number of rotatable bonds is 7. The summed E-state index contributed by atoms with van der Waals surface area (Å²) in [6, 6.07) is 1.97. The van der Waals surface area contributed by atoms with Crippen molar-refractivity contribution in [3.63, 3.8) is 0 Å². The maximum Gasteiger partial charge on any atom is 0.247 e. The molecule has 0 saturated carbocycles. The molecule has 1 atom stereocenters. The van der Waals surface area contributed by atoms with Gasteiger partial charge in [-0.25, -0.2) is 9.37 Å². The molecule has 1 unspecified atom stereocenters. The first-order valence-electron chi connectivity index (χ1n) is 12.6. The highest BCUT2D eigenvalue weighted by atomic mass is 19.1. The topological polar surface area (TPSA) is 71.3 Å². The van der Waals surface area contributed by atoms with E-state index >= 15 is 0 Å². The second-order valence-electron chi connectivity index (χ2n) is 9.76. The fourth-order valence-corrected chi connectivity index (χ4v) is 4.79. The highest BCUT2D eigenvalue weighted by Gasteiger charge is 2.18. The summed E-state index contributed by atoms with van der Waals surface area (Å²) in [5.74, 6) is 0.602. The molecule has 2 heterocycles. The van der Waals surface area contributed by atoms with Crippen LogP contribution in [0.15, 0.2) is 77.1 Å². The van der Waals surface area contributed by atoms with Gasteiger partial charge in [0.2, 0.25) is 5.91 Å². The minimum absolute atomic E-state index is 0.0135. The van der Waals surface area contributed by atoms with Crippen molar-refractivity contribution >= 4 is 22.9 Å². The molecule has 0 bridgehead atoms. The average Bonchev–Trinajstić information content (AvgIpc) is 3.27. The van der Waals surface area contributed by atoms with E-state index in [0.29, 0.717) is 13.1 Å². The number of nitrogens with zero attached hydrogens (tertiary/aromatic N) is 3. The quantitative estimate of drug-likeness (QED) is 0.529. The van der Waals surface area contributed by atoms with Crippen LogP contribution >= 0.6 is 0 Å². The molecule has 3 aliphatic carbocycles. The Balaban J connectivity index is 1.21. The van der Waals surface area contributed by atoms with Gasteiger partial charge in [0.25, 0.3) is 0 Å². The molecule has 7 heteroatoms. The number of amides is 1. The molecular formula is C29H32FN5O. The third kappa shape index (κ3) is 5.25. The van der Waals surface area contributed by atoms with E-state index in [2.05, 4.69) is 64.9 Å². The maximum absolute atomic E-state index is 14.4. The van der Waals surface area contributed by atoms with Crippen LogP contribution in [0.2, 0.25) is 0 Å². The number of halogens is 1. The Hall–Kier alpha value is -3.74. The number of fused-ring (bicyclic) bond motifs is 1. The summed E-state index contributed by atoms with van der Waals surface area (Å²) < 4.78 is 16.0. The predicted octanol–water partition coefficient (Wildman–Crippen LogP) is 5.69.